The Kier molecular flexibility index (Phi) is 4.67. The maximum Gasteiger partial charge on any atom is 0.416 e. The van der Waals surface area contributed by atoms with Gasteiger partial charge in [-0.25, -0.2) is 0 Å². The van der Waals surface area contributed by atoms with E-state index < -0.39 is 17.6 Å². The van der Waals surface area contributed by atoms with E-state index in [1.807, 2.05) is 0 Å². The second-order valence-electron chi connectivity index (χ2n) is 4.68. The summed E-state index contributed by atoms with van der Waals surface area (Å²) in [6, 6.07) is 6.29. The molecule has 0 aliphatic heterocycles. The van der Waals surface area contributed by atoms with Crippen molar-refractivity contribution in [1.29, 1.82) is 0 Å². The summed E-state index contributed by atoms with van der Waals surface area (Å²) in [6.07, 6.45) is -4.48. The van der Waals surface area contributed by atoms with Crippen molar-refractivity contribution < 1.29 is 18.0 Å². The summed E-state index contributed by atoms with van der Waals surface area (Å²) in [7, 11) is 3.36. The van der Waals surface area contributed by atoms with Crippen LogP contribution in [0.5, 0.6) is 0 Å². The number of amides is 1. The molecule has 22 heavy (non-hydrogen) atoms. The Balaban J connectivity index is 2.37. The number of thiophene rings is 1. The highest BCUT2D eigenvalue weighted by Crippen LogP contribution is 2.35. The van der Waals surface area contributed by atoms with Gasteiger partial charge in [-0.15, -0.1) is 11.3 Å². The van der Waals surface area contributed by atoms with Crippen molar-refractivity contribution in [1.82, 2.24) is 0 Å². The van der Waals surface area contributed by atoms with Gasteiger partial charge in [0.2, 0.25) is 0 Å². The number of alkyl halides is 3. The molecule has 2 rings (SSSR count). The van der Waals surface area contributed by atoms with E-state index in [4.69, 9.17) is 11.6 Å². The van der Waals surface area contributed by atoms with Crippen molar-refractivity contribution in [3.05, 3.63) is 45.1 Å². The molecule has 1 aromatic carbocycles. The van der Waals surface area contributed by atoms with Crippen molar-refractivity contribution in [3.8, 4) is 0 Å². The average molecular weight is 349 g/mol. The zero-order valence-corrected chi connectivity index (χ0v) is 13.2. The Morgan fingerprint density at radius 2 is 1.91 bits per heavy atom. The maximum absolute atomic E-state index is 12.8. The fourth-order valence-electron chi connectivity index (χ4n) is 1.82. The predicted molar refractivity (Wildman–Crippen MR) is 83.1 cm³/mol. The van der Waals surface area contributed by atoms with Crippen LogP contribution in [0.15, 0.2) is 30.3 Å². The Bertz CT molecular complexity index is 698. The van der Waals surface area contributed by atoms with Gasteiger partial charge in [0.25, 0.3) is 5.91 Å². The lowest BCUT2D eigenvalue weighted by molar-refractivity contribution is -0.137. The van der Waals surface area contributed by atoms with E-state index in [0.29, 0.717) is 14.9 Å². The molecular formula is C14H12ClF3N2OS. The van der Waals surface area contributed by atoms with Gasteiger partial charge in [-0.05, 0) is 30.3 Å². The van der Waals surface area contributed by atoms with Crippen molar-refractivity contribution in [2.24, 2.45) is 0 Å². The third-order valence-corrected chi connectivity index (χ3v) is 4.08. The fourth-order valence-corrected chi connectivity index (χ4v) is 2.76. The largest absolute Gasteiger partial charge is 0.416 e. The molecule has 8 heteroatoms. The van der Waals surface area contributed by atoms with Gasteiger partial charge in [0.15, 0.2) is 0 Å². The Labute approximate surface area is 134 Å². The highest BCUT2D eigenvalue weighted by Gasteiger charge is 2.31. The van der Waals surface area contributed by atoms with Crippen LogP contribution in [0.3, 0.4) is 0 Å². The van der Waals surface area contributed by atoms with Crippen LogP contribution in [0.25, 0.3) is 0 Å². The summed E-state index contributed by atoms with van der Waals surface area (Å²) in [5, 5.41) is 2.51. The van der Waals surface area contributed by atoms with Gasteiger partial charge >= 0.3 is 6.18 Å². The smallest absolute Gasteiger partial charge is 0.376 e. The molecule has 1 amide bonds. The molecule has 0 aliphatic rings. The second-order valence-corrected chi connectivity index (χ2v) is 6.40. The summed E-state index contributed by atoms with van der Waals surface area (Å²) in [6.45, 7) is 0. The molecule has 1 heterocycles. The summed E-state index contributed by atoms with van der Waals surface area (Å²) >= 11 is 6.81. The van der Waals surface area contributed by atoms with Crippen molar-refractivity contribution in [2.75, 3.05) is 24.3 Å². The minimum atomic E-state index is -4.48. The standard InChI is InChI=1S/C14H12ClF3N2OS/c1-20(2)10-4-3-8(14(16,17)18)7-9(10)19-13(21)11-5-6-12(15)22-11/h3-7H,1-2H3,(H,19,21). The topological polar surface area (TPSA) is 32.3 Å². The molecular weight excluding hydrogens is 337 g/mol. The SMILES string of the molecule is CN(C)c1ccc(C(F)(F)F)cc1NC(=O)c1ccc(Cl)s1. The van der Waals surface area contributed by atoms with Crippen LogP contribution in [0, 0.1) is 0 Å². The van der Waals surface area contributed by atoms with E-state index >= 15 is 0 Å². The van der Waals surface area contributed by atoms with Crippen molar-refractivity contribution in [3.63, 3.8) is 0 Å². The molecule has 0 saturated heterocycles. The molecule has 3 nitrogen and oxygen atoms in total. The molecule has 2 aromatic rings. The fraction of sp³-hybridized carbons (Fsp3) is 0.214. The van der Waals surface area contributed by atoms with E-state index in [1.54, 1.807) is 25.1 Å². The predicted octanol–water partition coefficient (Wildman–Crippen LogP) is 4.74. The lowest BCUT2D eigenvalue weighted by Gasteiger charge is -2.19. The molecule has 0 unspecified atom stereocenters. The summed E-state index contributed by atoms with van der Waals surface area (Å²) in [4.78, 5) is 14.1. The average Bonchev–Trinajstić information content (AvgIpc) is 2.84. The molecule has 0 fully saturated rings. The Hall–Kier alpha value is -1.73. The van der Waals surface area contributed by atoms with Gasteiger partial charge < -0.3 is 10.2 Å². The van der Waals surface area contributed by atoms with Crippen LogP contribution in [-0.4, -0.2) is 20.0 Å². The van der Waals surface area contributed by atoms with Crippen LogP contribution in [0.2, 0.25) is 4.34 Å². The monoisotopic (exact) mass is 348 g/mol. The van der Waals surface area contributed by atoms with E-state index in [1.165, 1.54) is 12.1 Å². The molecule has 1 N–H and O–H groups in total. The number of benzene rings is 1. The molecule has 0 saturated carbocycles. The number of nitrogens with one attached hydrogen (secondary N) is 1. The minimum Gasteiger partial charge on any atom is -0.376 e. The van der Waals surface area contributed by atoms with Gasteiger partial charge in [0.1, 0.15) is 0 Å². The highest BCUT2D eigenvalue weighted by molar-refractivity contribution is 7.18. The number of nitrogens with zero attached hydrogens (tertiary/aromatic N) is 1. The third kappa shape index (κ3) is 3.72. The van der Waals surface area contributed by atoms with E-state index in [9.17, 15) is 18.0 Å². The van der Waals surface area contributed by atoms with E-state index in [2.05, 4.69) is 5.32 Å². The maximum atomic E-state index is 12.8. The Morgan fingerprint density at radius 3 is 2.41 bits per heavy atom. The summed E-state index contributed by atoms with van der Waals surface area (Å²) in [5.41, 5.74) is -0.254. The van der Waals surface area contributed by atoms with Gasteiger partial charge in [0.05, 0.1) is 26.2 Å². The van der Waals surface area contributed by atoms with Crippen LogP contribution >= 0.6 is 22.9 Å². The first-order valence-electron chi connectivity index (χ1n) is 6.14. The number of carbonyl (C=O) groups excluding carboxylic acids is 1. The zero-order chi connectivity index (χ0) is 16.5. The molecule has 0 radical (unpaired) electrons. The van der Waals surface area contributed by atoms with Gasteiger partial charge in [0, 0.05) is 14.1 Å². The minimum absolute atomic E-state index is 0.0920. The quantitative estimate of drug-likeness (QED) is 0.869. The van der Waals surface area contributed by atoms with Gasteiger partial charge in [-0.3, -0.25) is 4.79 Å². The van der Waals surface area contributed by atoms with E-state index in [-0.39, 0.29) is 5.69 Å². The summed E-state index contributed by atoms with van der Waals surface area (Å²) in [5.74, 6) is -0.501. The first-order chi connectivity index (χ1) is 10.2. The number of hydrogen-bond donors (Lipinski definition) is 1. The molecule has 1 aromatic heterocycles. The van der Waals surface area contributed by atoms with Gasteiger partial charge in [-0.1, -0.05) is 11.6 Å². The molecule has 0 atom stereocenters. The molecule has 0 bridgehead atoms. The summed E-state index contributed by atoms with van der Waals surface area (Å²) < 4.78 is 38.9. The van der Waals surface area contributed by atoms with E-state index in [0.717, 1.165) is 23.5 Å². The molecule has 118 valence electrons. The normalized spacial score (nSPS) is 11.4. The van der Waals surface area contributed by atoms with Crippen LogP contribution in [0.1, 0.15) is 15.2 Å². The molecule has 0 aliphatic carbocycles. The first kappa shape index (κ1) is 16.6. The lowest BCUT2D eigenvalue weighted by Crippen LogP contribution is -2.17. The number of carbonyl (C=O) groups is 1. The highest BCUT2D eigenvalue weighted by atomic mass is 35.5. The van der Waals surface area contributed by atoms with Crippen LogP contribution in [-0.2, 0) is 6.18 Å². The Morgan fingerprint density at radius 1 is 1.23 bits per heavy atom. The van der Waals surface area contributed by atoms with Crippen LogP contribution in [0.4, 0.5) is 24.5 Å². The van der Waals surface area contributed by atoms with Crippen molar-refractivity contribution in [2.45, 2.75) is 6.18 Å². The second kappa shape index (κ2) is 6.18. The number of hydrogen-bond acceptors (Lipinski definition) is 3. The van der Waals surface area contributed by atoms with Crippen LogP contribution < -0.4 is 10.2 Å². The number of halogens is 4. The first-order valence-corrected chi connectivity index (χ1v) is 7.33. The third-order valence-electron chi connectivity index (χ3n) is 2.85. The van der Waals surface area contributed by atoms with Gasteiger partial charge in [-0.2, -0.15) is 13.2 Å². The number of rotatable bonds is 3. The lowest BCUT2D eigenvalue weighted by atomic mass is 10.1. The number of anilines is 2. The van der Waals surface area contributed by atoms with Crippen molar-refractivity contribution >= 4 is 40.2 Å². The zero-order valence-electron chi connectivity index (χ0n) is 11.7. The molecule has 0 spiro atoms.